The maximum absolute atomic E-state index is 14.6. The van der Waals surface area contributed by atoms with Gasteiger partial charge in [0.15, 0.2) is 0 Å². The smallest absolute Gasteiger partial charge is 0.239 e. The molecule has 172 valence electrons. The van der Waals surface area contributed by atoms with E-state index in [0.29, 0.717) is 16.9 Å². The van der Waals surface area contributed by atoms with Crippen molar-refractivity contribution >= 4 is 0 Å². The molecule has 1 aromatic heterocycles. The molecule has 10 heteroatoms. The molecular weight excluding hydrogens is 411 g/mol. The molecule has 1 aliphatic rings. The van der Waals surface area contributed by atoms with Crippen LogP contribution in [0.5, 0.6) is 11.6 Å². The average molecular weight is 440 g/mol. The molecule has 0 aliphatic carbocycles. The van der Waals surface area contributed by atoms with Gasteiger partial charge in [-0.3, -0.25) is 4.68 Å². The van der Waals surface area contributed by atoms with Crippen LogP contribution in [0.1, 0.15) is 36.7 Å². The summed E-state index contributed by atoms with van der Waals surface area (Å²) in [6, 6.07) is 4.53. The minimum atomic E-state index is -1.58. The van der Waals surface area contributed by atoms with E-state index >= 15 is 0 Å². The lowest BCUT2D eigenvalue weighted by Gasteiger charge is -2.39. The van der Waals surface area contributed by atoms with Crippen LogP contribution in [0.4, 0.5) is 4.39 Å². The molecule has 2 heterocycles. The number of aliphatic hydroxyl groups is 4. The third kappa shape index (κ3) is 4.68. The number of halogens is 1. The lowest BCUT2D eigenvalue weighted by atomic mass is 9.99. The fourth-order valence-corrected chi connectivity index (χ4v) is 3.59. The second-order valence-electron chi connectivity index (χ2n) is 7.86. The van der Waals surface area contributed by atoms with Crippen LogP contribution in [0.2, 0.25) is 0 Å². The summed E-state index contributed by atoms with van der Waals surface area (Å²) in [7, 11) is 1.46. The number of ether oxygens (including phenoxy) is 3. The van der Waals surface area contributed by atoms with E-state index in [4.69, 9.17) is 14.2 Å². The first kappa shape index (κ1) is 23.4. The van der Waals surface area contributed by atoms with Crippen LogP contribution in [0.15, 0.2) is 18.2 Å². The monoisotopic (exact) mass is 440 g/mol. The highest BCUT2D eigenvalue weighted by atomic mass is 19.1. The maximum atomic E-state index is 14.6. The van der Waals surface area contributed by atoms with Crippen molar-refractivity contribution in [2.24, 2.45) is 0 Å². The molecule has 1 aromatic carbocycles. The molecule has 1 saturated heterocycles. The zero-order valence-corrected chi connectivity index (χ0v) is 17.9. The van der Waals surface area contributed by atoms with Crippen molar-refractivity contribution in [3.8, 4) is 11.6 Å². The Kier molecular flexibility index (Phi) is 7.17. The van der Waals surface area contributed by atoms with Gasteiger partial charge in [0.1, 0.15) is 36.0 Å². The molecule has 0 amide bonds. The van der Waals surface area contributed by atoms with E-state index < -0.39 is 43.1 Å². The van der Waals surface area contributed by atoms with E-state index in [-0.39, 0.29) is 18.3 Å². The van der Waals surface area contributed by atoms with Crippen LogP contribution in [0.3, 0.4) is 0 Å². The molecule has 0 radical (unpaired) electrons. The Labute approximate surface area is 179 Å². The van der Waals surface area contributed by atoms with E-state index in [2.05, 4.69) is 5.10 Å². The second kappa shape index (κ2) is 9.49. The molecule has 2 aromatic rings. The molecule has 4 N–H and O–H groups in total. The van der Waals surface area contributed by atoms with Gasteiger partial charge in [-0.1, -0.05) is 6.07 Å². The molecule has 0 spiro atoms. The van der Waals surface area contributed by atoms with E-state index in [1.807, 2.05) is 20.8 Å². The third-order valence-electron chi connectivity index (χ3n) is 5.43. The number of hydrogen-bond donors (Lipinski definition) is 4. The summed E-state index contributed by atoms with van der Waals surface area (Å²) in [5.41, 5.74) is 1.71. The Morgan fingerprint density at radius 2 is 1.90 bits per heavy atom. The number of methoxy groups -OCH3 is 1. The Morgan fingerprint density at radius 1 is 1.19 bits per heavy atom. The van der Waals surface area contributed by atoms with Gasteiger partial charge in [0.25, 0.3) is 0 Å². The van der Waals surface area contributed by atoms with Crippen LogP contribution < -0.4 is 9.47 Å². The van der Waals surface area contributed by atoms with Gasteiger partial charge in [0.2, 0.25) is 12.2 Å². The fraction of sp³-hybridized carbons (Fsp3) is 0.571. The summed E-state index contributed by atoms with van der Waals surface area (Å²) in [5.74, 6) is 0.0502. The van der Waals surface area contributed by atoms with E-state index in [9.17, 15) is 24.8 Å². The average Bonchev–Trinajstić information content (AvgIpc) is 3.05. The molecule has 9 nitrogen and oxygen atoms in total. The van der Waals surface area contributed by atoms with Crippen molar-refractivity contribution in [3.63, 3.8) is 0 Å². The number of rotatable bonds is 7. The van der Waals surface area contributed by atoms with E-state index in [1.165, 1.54) is 13.2 Å². The summed E-state index contributed by atoms with van der Waals surface area (Å²) in [6.45, 7) is 5.10. The van der Waals surface area contributed by atoms with Gasteiger partial charge in [-0.2, -0.15) is 0 Å². The largest absolute Gasteiger partial charge is 0.497 e. The number of benzene rings is 1. The van der Waals surface area contributed by atoms with Gasteiger partial charge in [-0.05, 0) is 32.4 Å². The van der Waals surface area contributed by atoms with Crippen molar-refractivity contribution in [1.29, 1.82) is 0 Å². The SMILES string of the molecule is COc1ccc(Cc2c(OC3OC(CO)C(O)C(O)C3O)nn(C(C)C)c2C)c(F)c1. The minimum Gasteiger partial charge on any atom is -0.497 e. The Balaban J connectivity index is 1.94. The highest BCUT2D eigenvalue weighted by molar-refractivity contribution is 5.39. The van der Waals surface area contributed by atoms with Gasteiger partial charge in [0.05, 0.1) is 13.7 Å². The molecule has 0 saturated carbocycles. The summed E-state index contributed by atoms with van der Waals surface area (Å²) >= 11 is 0. The van der Waals surface area contributed by atoms with Crippen LogP contribution in [-0.4, -0.2) is 74.6 Å². The molecule has 1 aliphatic heterocycles. The quantitative estimate of drug-likeness (QED) is 0.496. The van der Waals surface area contributed by atoms with Gasteiger partial charge in [-0.15, -0.1) is 5.10 Å². The summed E-state index contributed by atoms with van der Waals surface area (Å²) in [4.78, 5) is 0. The standard InChI is InChI=1S/C21H29FN2O7/c1-10(2)24-11(3)14(7-12-5-6-13(29-4)8-15(12)22)20(23-24)31-21-19(28)18(27)17(26)16(9-25)30-21/h5-6,8,10,16-19,21,25-28H,7,9H2,1-4H3. The van der Waals surface area contributed by atoms with Crippen molar-refractivity contribution < 1.29 is 39.0 Å². The normalized spacial score (nSPS) is 26.3. The first-order valence-electron chi connectivity index (χ1n) is 10.1. The fourth-order valence-electron chi connectivity index (χ4n) is 3.59. The first-order valence-corrected chi connectivity index (χ1v) is 10.1. The van der Waals surface area contributed by atoms with Gasteiger partial charge in [0, 0.05) is 29.8 Å². The number of aromatic nitrogens is 2. The predicted octanol–water partition coefficient (Wildman–Crippen LogP) is 0.690. The zero-order chi connectivity index (χ0) is 22.9. The lowest BCUT2D eigenvalue weighted by Crippen LogP contribution is -2.60. The zero-order valence-electron chi connectivity index (χ0n) is 17.9. The Bertz CT molecular complexity index is 902. The van der Waals surface area contributed by atoms with Gasteiger partial charge in [-0.25, -0.2) is 4.39 Å². The highest BCUT2D eigenvalue weighted by Gasteiger charge is 2.45. The Morgan fingerprint density at radius 3 is 2.48 bits per heavy atom. The molecule has 31 heavy (non-hydrogen) atoms. The summed E-state index contributed by atoms with van der Waals surface area (Å²) in [5, 5.41) is 44.1. The first-order chi connectivity index (χ1) is 14.7. The molecule has 5 atom stereocenters. The summed E-state index contributed by atoms with van der Waals surface area (Å²) < 4.78 is 32.5. The van der Waals surface area contributed by atoms with Crippen LogP contribution in [-0.2, 0) is 11.2 Å². The minimum absolute atomic E-state index is 0.0217. The summed E-state index contributed by atoms with van der Waals surface area (Å²) in [6.07, 6.45) is -6.99. The van der Waals surface area contributed by atoms with Crippen LogP contribution in [0, 0.1) is 12.7 Å². The lowest BCUT2D eigenvalue weighted by molar-refractivity contribution is -0.278. The van der Waals surface area contributed by atoms with Crippen molar-refractivity contribution in [2.75, 3.05) is 13.7 Å². The van der Waals surface area contributed by atoms with Gasteiger partial charge < -0.3 is 34.6 Å². The molecule has 0 bridgehead atoms. The topological polar surface area (TPSA) is 126 Å². The predicted molar refractivity (Wildman–Crippen MR) is 108 cm³/mol. The second-order valence-corrected chi connectivity index (χ2v) is 7.86. The Hall–Kier alpha value is -2.24. The number of aliphatic hydroxyl groups excluding tert-OH is 4. The number of hydrogen-bond acceptors (Lipinski definition) is 8. The number of nitrogens with zero attached hydrogens (tertiary/aromatic N) is 2. The molecule has 5 unspecified atom stereocenters. The molecule has 3 rings (SSSR count). The maximum Gasteiger partial charge on any atom is 0.239 e. The van der Waals surface area contributed by atoms with Crippen LogP contribution in [0.25, 0.3) is 0 Å². The van der Waals surface area contributed by atoms with E-state index in [0.717, 1.165) is 5.69 Å². The third-order valence-corrected chi connectivity index (χ3v) is 5.43. The molecular formula is C21H29FN2O7. The van der Waals surface area contributed by atoms with Gasteiger partial charge >= 0.3 is 0 Å². The van der Waals surface area contributed by atoms with E-state index in [1.54, 1.807) is 16.8 Å². The van der Waals surface area contributed by atoms with Crippen molar-refractivity contribution in [3.05, 3.63) is 40.8 Å². The highest BCUT2D eigenvalue weighted by Crippen LogP contribution is 2.31. The molecule has 1 fully saturated rings. The van der Waals surface area contributed by atoms with Crippen molar-refractivity contribution in [2.45, 2.75) is 63.9 Å². The van der Waals surface area contributed by atoms with Crippen LogP contribution >= 0.6 is 0 Å². The van der Waals surface area contributed by atoms with Crippen molar-refractivity contribution in [1.82, 2.24) is 9.78 Å².